The molecule has 7 nitrogen and oxygen atoms in total. The number of rotatable bonds is 5. The molecule has 6 rings (SSSR count). The standard InChI is InChI=1S/C26H23F2N5O2/c27-20-10-19-4-3-18(12-22(19)29-13-20)17-5-6-23(21(28)11-17)33-24(30-31-26(33)35)9-15-7-8-32(14-15)25(34)16-1-2-16/h3-6,10-13,15-16H,1-2,7-9,14H2,(H,31,35). The summed E-state index contributed by atoms with van der Waals surface area (Å²) < 4.78 is 30.0. The molecule has 1 N–H and O–H groups in total. The van der Waals surface area contributed by atoms with Crippen LogP contribution in [0.5, 0.6) is 0 Å². The van der Waals surface area contributed by atoms with E-state index in [2.05, 4.69) is 15.2 Å². The van der Waals surface area contributed by atoms with Gasteiger partial charge in [-0.1, -0.05) is 18.2 Å². The Morgan fingerprint density at radius 1 is 1.06 bits per heavy atom. The van der Waals surface area contributed by atoms with Gasteiger partial charge >= 0.3 is 5.69 Å². The number of amides is 1. The Balaban J connectivity index is 1.26. The van der Waals surface area contributed by atoms with Crippen molar-refractivity contribution in [3.8, 4) is 16.8 Å². The zero-order valence-corrected chi connectivity index (χ0v) is 18.9. The second kappa shape index (κ2) is 8.41. The SMILES string of the molecule is O=C(C1CC1)N1CCC(Cc2n[nH]c(=O)n2-c2ccc(-c3ccc4cc(F)cnc4c3)cc2F)C1. The number of hydrogen-bond donors (Lipinski definition) is 1. The fourth-order valence-corrected chi connectivity index (χ4v) is 4.90. The molecule has 1 aliphatic carbocycles. The first-order valence-corrected chi connectivity index (χ1v) is 11.8. The molecule has 1 atom stereocenters. The fourth-order valence-electron chi connectivity index (χ4n) is 4.90. The van der Waals surface area contributed by atoms with Gasteiger partial charge in [0.1, 0.15) is 17.5 Å². The van der Waals surface area contributed by atoms with Gasteiger partial charge in [0.2, 0.25) is 5.91 Å². The van der Waals surface area contributed by atoms with Gasteiger partial charge in [-0.3, -0.25) is 9.78 Å². The first kappa shape index (κ1) is 21.6. The molecule has 1 saturated carbocycles. The predicted octanol–water partition coefficient (Wildman–Crippen LogP) is 3.86. The summed E-state index contributed by atoms with van der Waals surface area (Å²) in [5.74, 6) is 0.0541. The number of carbonyl (C=O) groups excluding carboxylic acids is 1. The van der Waals surface area contributed by atoms with E-state index in [1.165, 1.54) is 16.7 Å². The van der Waals surface area contributed by atoms with E-state index in [4.69, 9.17) is 0 Å². The van der Waals surface area contributed by atoms with Crippen LogP contribution in [0.3, 0.4) is 0 Å². The van der Waals surface area contributed by atoms with Gasteiger partial charge in [-0.2, -0.15) is 5.10 Å². The van der Waals surface area contributed by atoms with Crippen molar-refractivity contribution in [3.05, 3.63) is 76.6 Å². The molecule has 0 bridgehead atoms. The number of benzene rings is 2. The number of aromatic amines is 1. The van der Waals surface area contributed by atoms with Gasteiger partial charge in [-0.15, -0.1) is 0 Å². The molecule has 3 heterocycles. The minimum absolute atomic E-state index is 0.118. The maximum Gasteiger partial charge on any atom is 0.348 e. The summed E-state index contributed by atoms with van der Waals surface area (Å²) in [5, 5.41) is 7.25. The molecule has 1 amide bonds. The highest BCUT2D eigenvalue weighted by atomic mass is 19.1. The van der Waals surface area contributed by atoms with Crippen molar-refractivity contribution in [2.24, 2.45) is 11.8 Å². The highest BCUT2D eigenvalue weighted by Crippen LogP contribution is 2.33. The van der Waals surface area contributed by atoms with Gasteiger partial charge in [0.05, 0.1) is 17.4 Å². The first-order valence-electron chi connectivity index (χ1n) is 11.8. The van der Waals surface area contributed by atoms with Crippen molar-refractivity contribution in [1.82, 2.24) is 24.6 Å². The maximum absolute atomic E-state index is 15.3. The number of H-pyrrole nitrogens is 1. The van der Waals surface area contributed by atoms with E-state index in [0.717, 1.165) is 31.0 Å². The number of hydrogen-bond acceptors (Lipinski definition) is 4. The van der Waals surface area contributed by atoms with E-state index in [0.29, 0.717) is 41.8 Å². The van der Waals surface area contributed by atoms with Gasteiger partial charge in [0, 0.05) is 30.8 Å². The van der Waals surface area contributed by atoms with Crippen molar-refractivity contribution in [2.45, 2.75) is 25.7 Å². The van der Waals surface area contributed by atoms with Crippen molar-refractivity contribution in [1.29, 1.82) is 0 Å². The molecule has 1 aliphatic heterocycles. The second-order valence-corrected chi connectivity index (χ2v) is 9.42. The Hall–Kier alpha value is -3.88. The lowest BCUT2D eigenvalue weighted by molar-refractivity contribution is -0.131. The molecule has 2 aromatic heterocycles. The van der Waals surface area contributed by atoms with Gasteiger partial charge in [0.15, 0.2) is 0 Å². The van der Waals surface area contributed by atoms with Crippen LogP contribution in [-0.2, 0) is 11.2 Å². The van der Waals surface area contributed by atoms with Crippen molar-refractivity contribution in [2.75, 3.05) is 13.1 Å². The third-order valence-electron chi connectivity index (χ3n) is 6.91. The number of halogens is 2. The lowest BCUT2D eigenvalue weighted by Gasteiger charge is -2.16. The highest BCUT2D eigenvalue weighted by Gasteiger charge is 2.37. The summed E-state index contributed by atoms with van der Waals surface area (Å²) in [4.78, 5) is 30.9. The van der Waals surface area contributed by atoms with Gasteiger partial charge in [0.25, 0.3) is 0 Å². The van der Waals surface area contributed by atoms with E-state index in [1.54, 1.807) is 30.3 Å². The predicted molar refractivity (Wildman–Crippen MR) is 126 cm³/mol. The van der Waals surface area contributed by atoms with Crippen LogP contribution in [0.4, 0.5) is 8.78 Å². The minimum atomic E-state index is -0.559. The van der Waals surface area contributed by atoms with Gasteiger partial charge in [-0.25, -0.2) is 23.2 Å². The third kappa shape index (κ3) is 4.11. The highest BCUT2D eigenvalue weighted by molar-refractivity contribution is 5.84. The van der Waals surface area contributed by atoms with Crippen LogP contribution < -0.4 is 5.69 Å². The van der Waals surface area contributed by atoms with E-state index in [1.807, 2.05) is 4.90 Å². The van der Waals surface area contributed by atoms with E-state index >= 15 is 4.39 Å². The van der Waals surface area contributed by atoms with E-state index < -0.39 is 17.3 Å². The van der Waals surface area contributed by atoms with E-state index in [9.17, 15) is 14.0 Å². The van der Waals surface area contributed by atoms with Gasteiger partial charge in [-0.05, 0) is 60.6 Å². The molecule has 35 heavy (non-hydrogen) atoms. The summed E-state index contributed by atoms with van der Waals surface area (Å²) >= 11 is 0. The molecule has 0 spiro atoms. The molecular formula is C26H23F2N5O2. The molecule has 4 aromatic rings. The normalized spacial score (nSPS) is 17.9. The monoisotopic (exact) mass is 475 g/mol. The number of pyridine rings is 1. The molecular weight excluding hydrogens is 452 g/mol. The Morgan fingerprint density at radius 2 is 1.86 bits per heavy atom. The lowest BCUT2D eigenvalue weighted by atomic mass is 10.0. The molecule has 1 unspecified atom stereocenters. The summed E-state index contributed by atoms with van der Waals surface area (Å²) in [5.41, 5.74) is 1.56. The first-order chi connectivity index (χ1) is 17.0. The van der Waals surface area contributed by atoms with E-state index in [-0.39, 0.29) is 23.4 Å². The summed E-state index contributed by atoms with van der Waals surface area (Å²) in [6.07, 6.45) is 4.40. The van der Waals surface area contributed by atoms with Crippen molar-refractivity contribution < 1.29 is 13.6 Å². The van der Waals surface area contributed by atoms with Crippen molar-refractivity contribution >= 4 is 16.8 Å². The Kier molecular flexibility index (Phi) is 5.20. The van der Waals surface area contributed by atoms with Crippen LogP contribution in [0.15, 0.2) is 53.5 Å². The molecule has 1 saturated heterocycles. The second-order valence-electron chi connectivity index (χ2n) is 9.42. The van der Waals surface area contributed by atoms with Crippen LogP contribution in [-0.4, -0.2) is 43.6 Å². The molecule has 2 aromatic carbocycles. The third-order valence-corrected chi connectivity index (χ3v) is 6.91. The zero-order chi connectivity index (χ0) is 24.1. The van der Waals surface area contributed by atoms with Crippen molar-refractivity contribution in [3.63, 3.8) is 0 Å². The van der Waals surface area contributed by atoms with Crippen LogP contribution >= 0.6 is 0 Å². The summed E-state index contributed by atoms with van der Waals surface area (Å²) in [6, 6.07) is 11.4. The zero-order valence-electron chi connectivity index (χ0n) is 18.9. The number of likely N-dealkylation sites (tertiary alicyclic amines) is 1. The molecule has 9 heteroatoms. The number of aromatic nitrogens is 4. The Bertz CT molecular complexity index is 1510. The van der Waals surface area contributed by atoms with Crippen LogP contribution in [0.25, 0.3) is 27.7 Å². The molecule has 178 valence electrons. The Labute approximate surface area is 199 Å². The largest absolute Gasteiger partial charge is 0.348 e. The summed E-state index contributed by atoms with van der Waals surface area (Å²) in [7, 11) is 0. The maximum atomic E-state index is 15.3. The minimum Gasteiger partial charge on any atom is -0.342 e. The number of nitrogens with zero attached hydrogens (tertiary/aromatic N) is 4. The van der Waals surface area contributed by atoms with Gasteiger partial charge < -0.3 is 4.90 Å². The lowest BCUT2D eigenvalue weighted by Crippen LogP contribution is -2.30. The molecule has 2 fully saturated rings. The number of fused-ring (bicyclic) bond motifs is 1. The number of nitrogens with one attached hydrogen (secondary N) is 1. The Morgan fingerprint density at radius 3 is 2.66 bits per heavy atom. The smallest absolute Gasteiger partial charge is 0.342 e. The van der Waals surface area contributed by atoms with Crippen LogP contribution in [0, 0.1) is 23.5 Å². The topological polar surface area (TPSA) is 83.9 Å². The molecule has 2 aliphatic rings. The fraction of sp³-hybridized carbons (Fsp3) is 0.308. The van der Waals surface area contributed by atoms with Crippen LogP contribution in [0.1, 0.15) is 25.1 Å². The average Bonchev–Trinajstić information content (AvgIpc) is 3.50. The average molecular weight is 475 g/mol. The van der Waals surface area contributed by atoms with Crippen LogP contribution in [0.2, 0.25) is 0 Å². The number of carbonyl (C=O) groups is 1. The molecule has 0 radical (unpaired) electrons. The summed E-state index contributed by atoms with van der Waals surface area (Å²) in [6.45, 7) is 1.35. The quantitative estimate of drug-likeness (QED) is 0.475.